The van der Waals surface area contributed by atoms with Gasteiger partial charge >= 0.3 is 0 Å². The summed E-state index contributed by atoms with van der Waals surface area (Å²) in [4.78, 5) is 0. The number of nitrogen functional groups attached to an aromatic ring is 1. The minimum absolute atomic E-state index is 0.304. The highest BCUT2D eigenvalue weighted by atomic mass is 79.9. The number of nitrogens with one attached hydrogen (secondary N) is 1. The maximum Gasteiger partial charge on any atom is 0.250 e. The van der Waals surface area contributed by atoms with Gasteiger partial charge in [-0.2, -0.15) is 0 Å². The topological polar surface area (TPSA) is 38.0 Å². The van der Waals surface area contributed by atoms with Gasteiger partial charge in [0.1, 0.15) is 0 Å². The van der Waals surface area contributed by atoms with Gasteiger partial charge < -0.3 is 11.1 Å². The lowest BCUT2D eigenvalue weighted by Gasteiger charge is -2.07. The SMILES string of the molecule is Nc1ccc(Br)c(CNCC(F)F)c1. The molecule has 0 aromatic heterocycles. The van der Waals surface area contributed by atoms with Crippen molar-refractivity contribution in [1.82, 2.24) is 5.32 Å². The van der Waals surface area contributed by atoms with Gasteiger partial charge in [0.25, 0.3) is 6.43 Å². The average Bonchev–Trinajstić information content (AvgIpc) is 2.10. The lowest BCUT2D eigenvalue weighted by atomic mass is 10.2. The number of anilines is 1. The lowest BCUT2D eigenvalue weighted by Crippen LogP contribution is -2.20. The van der Waals surface area contributed by atoms with Gasteiger partial charge in [0.15, 0.2) is 0 Å². The summed E-state index contributed by atoms with van der Waals surface area (Å²) in [6.45, 7) is 0.0806. The van der Waals surface area contributed by atoms with E-state index in [4.69, 9.17) is 5.73 Å². The van der Waals surface area contributed by atoms with Crippen LogP contribution in [-0.2, 0) is 6.54 Å². The van der Waals surface area contributed by atoms with Crippen molar-refractivity contribution in [3.05, 3.63) is 28.2 Å². The molecule has 5 heteroatoms. The molecule has 0 saturated carbocycles. The molecule has 0 amide bonds. The summed E-state index contributed by atoms with van der Waals surface area (Å²) >= 11 is 3.31. The van der Waals surface area contributed by atoms with Gasteiger partial charge in [0, 0.05) is 16.7 Å². The van der Waals surface area contributed by atoms with Gasteiger partial charge in [0.2, 0.25) is 0 Å². The van der Waals surface area contributed by atoms with Crippen molar-refractivity contribution in [3.63, 3.8) is 0 Å². The monoisotopic (exact) mass is 264 g/mol. The van der Waals surface area contributed by atoms with Crippen LogP contribution in [0.3, 0.4) is 0 Å². The highest BCUT2D eigenvalue weighted by Crippen LogP contribution is 2.19. The van der Waals surface area contributed by atoms with Crippen LogP contribution in [0.15, 0.2) is 22.7 Å². The molecule has 2 nitrogen and oxygen atoms in total. The summed E-state index contributed by atoms with van der Waals surface area (Å²) in [6, 6.07) is 5.30. The fourth-order valence-corrected chi connectivity index (χ4v) is 1.43. The van der Waals surface area contributed by atoms with Crippen LogP contribution < -0.4 is 11.1 Å². The summed E-state index contributed by atoms with van der Waals surface area (Å²) < 4.78 is 24.5. The molecular formula is C9H11BrF2N2. The summed E-state index contributed by atoms with van der Waals surface area (Å²) in [5.41, 5.74) is 7.07. The molecule has 0 saturated heterocycles. The predicted octanol–water partition coefficient (Wildman–Crippen LogP) is 2.39. The first kappa shape index (κ1) is 11.4. The van der Waals surface area contributed by atoms with Crippen LogP contribution in [0.1, 0.15) is 5.56 Å². The average molecular weight is 265 g/mol. The largest absolute Gasteiger partial charge is 0.399 e. The standard InChI is InChI=1S/C9H11BrF2N2/c10-8-2-1-7(13)3-6(8)4-14-5-9(11)12/h1-3,9,14H,4-5,13H2. The summed E-state index contributed by atoms with van der Waals surface area (Å²) in [5.74, 6) is 0. The van der Waals surface area contributed by atoms with E-state index in [0.29, 0.717) is 12.2 Å². The molecule has 78 valence electrons. The van der Waals surface area contributed by atoms with Gasteiger partial charge in [0.05, 0.1) is 6.54 Å². The fraction of sp³-hybridized carbons (Fsp3) is 0.333. The predicted molar refractivity (Wildman–Crippen MR) is 56.3 cm³/mol. The first-order valence-electron chi connectivity index (χ1n) is 4.12. The van der Waals surface area contributed by atoms with Gasteiger partial charge in [-0.3, -0.25) is 0 Å². The molecule has 0 fully saturated rings. The minimum Gasteiger partial charge on any atom is -0.399 e. The van der Waals surface area contributed by atoms with E-state index in [9.17, 15) is 8.78 Å². The molecular weight excluding hydrogens is 254 g/mol. The van der Waals surface area contributed by atoms with Crippen LogP contribution in [0.4, 0.5) is 14.5 Å². The smallest absolute Gasteiger partial charge is 0.250 e. The Labute approximate surface area is 89.6 Å². The molecule has 14 heavy (non-hydrogen) atoms. The Morgan fingerprint density at radius 1 is 1.43 bits per heavy atom. The molecule has 1 rings (SSSR count). The van der Waals surface area contributed by atoms with Crippen LogP contribution in [0.5, 0.6) is 0 Å². The van der Waals surface area contributed by atoms with Crippen molar-refractivity contribution in [2.45, 2.75) is 13.0 Å². The number of hydrogen-bond donors (Lipinski definition) is 2. The number of rotatable bonds is 4. The van der Waals surface area contributed by atoms with E-state index in [-0.39, 0.29) is 6.54 Å². The van der Waals surface area contributed by atoms with E-state index in [0.717, 1.165) is 10.0 Å². The first-order chi connectivity index (χ1) is 6.59. The van der Waals surface area contributed by atoms with Crippen LogP contribution in [0.25, 0.3) is 0 Å². The Bertz CT molecular complexity index is 305. The molecule has 0 aliphatic heterocycles. The molecule has 0 atom stereocenters. The van der Waals surface area contributed by atoms with E-state index in [2.05, 4.69) is 21.2 Å². The van der Waals surface area contributed by atoms with E-state index < -0.39 is 6.43 Å². The Kier molecular flexibility index (Phi) is 4.28. The van der Waals surface area contributed by atoms with Gasteiger partial charge in [-0.1, -0.05) is 15.9 Å². The van der Waals surface area contributed by atoms with E-state index >= 15 is 0 Å². The zero-order valence-corrected chi connectivity index (χ0v) is 9.02. The normalized spacial score (nSPS) is 10.9. The zero-order chi connectivity index (χ0) is 10.6. The minimum atomic E-state index is -2.32. The number of alkyl halides is 2. The van der Waals surface area contributed by atoms with Crippen molar-refractivity contribution in [3.8, 4) is 0 Å². The fourth-order valence-electron chi connectivity index (χ4n) is 1.05. The number of nitrogens with two attached hydrogens (primary N) is 1. The third-order valence-corrected chi connectivity index (χ3v) is 2.46. The van der Waals surface area contributed by atoms with Crippen LogP contribution in [0.2, 0.25) is 0 Å². The molecule has 1 aromatic carbocycles. The number of halogens is 3. The molecule has 0 unspecified atom stereocenters. The molecule has 1 aromatic rings. The molecule has 0 bridgehead atoms. The van der Waals surface area contributed by atoms with Crippen LogP contribution >= 0.6 is 15.9 Å². The van der Waals surface area contributed by atoms with Crippen molar-refractivity contribution in [2.75, 3.05) is 12.3 Å². The second-order valence-corrected chi connectivity index (χ2v) is 3.73. The second-order valence-electron chi connectivity index (χ2n) is 2.87. The summed E-state index contributed by atoms with van der Waals surface area (Å²) in [6.07, 6.45) is -2.32. The number of benzene rings is 1. The molecule has 0 aliphatic rings. The molecule has 0 heterocycles. The Hall–Kier alpha value is -0.680. The van der Waals surface area contributed by atoms with Crippen molar-refractivity contribution in [2.24, 2.45) is 0 Å². The third-order valence-electron chi connectivity index (χ3n) is 1.68. The second kappa shape index (κ2) is 5.26. The highest BCUT2D eigenvalue weighted by Gasteiger charge is 2.03. The van der Waals surface area contributed by atoms with E-state index in [1.807, 2.05) is 0 Å². The Balaban J connectivity index is 2.53. The highest BCUT2D eigenvalue weighted by molar-refractivity contribution is 9.10. The summed E-state index contributed by atoms with van der Waals surface area (Å²) in [5, 5.41) is 2.63. The maximum atomic E-state index is 11.8. The van der Waals surface area contributed by atoms with Crippen molar-refractivity contribution < 1.29 is 8.78 Å². The van der Waals surface area contributed by atoms with Gasteiger partial charge in [-0.25, -0.2) is 8.78 Å². The zero-order valence-electron chi connectivity index (χ0n) is 7.43. The van der Waals surface area contributed by atoms with Gasteiger partial charge in [-0.15, -0.1) is 0 Å². The van der Waals surface area contributed by atoms with E-state index in [1.165, 1.54) is 0 Å². The molecule has 0 aliphatic carbocycles. The quantitative estimate of drug-likeness (QED) is 0.820. The maximum absolute atomic E-state index is 11.8. The first-order valence-corrected chi connectivity index (χ1v) is 4.91. The third kappa shape index (κ3) is 3.59. The molecule has 0 spiro atoms. The molecule has 0 radical (unpaired) electrons. The lowest BCUT2D eigenvalue weighted by molar-refractivity contribution is 0.145. The van der Waals surface area contributed by atoms with Crippen LogP contribution in [0, 0.1) is 0 Å². The molecule has 3 N–H and O–H groups in total. The Morgan fingerprint density at radius 2 is 2.14 bits per heavy atom. The van der Waals surface area contributed by atoms with Crippen LogP contribution in [-0.4, -0.2) is 13.0 Å². The van der Waals surface area contributed by atoms with E-state index in [1.54, 1.807) is 18.2 Å². The van der Waals surface area contributed by atoms with Crippen molar-refractivity contribution in [1.29, 1.82) is 0 Å². The Morgan fingerprint density at radius 3 is 2.79 bits per heavy atom. The number of hydrogen-bond acceptors (Lipinski definition) is 2. The van der Waals surface area contributed by atoms with Gasteiger partial charge in [-0.05, 0) is 23.8 Å². The van der Waals surface area contributed by atoms with Crippen molar-refractivity contribution >= 4 is 21.6 Å². The summed E-state index contributed by atoms with van der Waals surface area (Å²) in [7, 11) is 0.